The minimum atomic E-state index is -1.15. The van der Waals surface area contributed by atoms with Crippen LogP contribution >= 0.6 is 22.6 Å². The third kappa shape index (κ3) is 0.867. The normalized spacial score (nSPS) is 69.2. The van der Waals surface area contributed by atoms with Crippen molar-refractivity contribution in [3.05, 3.63) is 0 Å². The monoisotopic (exact) mass is 296 g/mol. The summed E-state index contributed by atoms with van der Waals surface area (Å²) in [7, 11) is 1.94. The Kier molecular flexibility index (Phi) is 1.43. The van der Waals surface area contributed by atoms with E-state index in [1.54, 1.807) is 0 Å². The Balaban J connectivity index is 1.99. The lowest BCUT2D eigenvalue weighted by molar-refractivity contribution is -0.0297. The number of alkyl halides is 2. The van der Waals surface area contributed by atoms with Crippen LogP contribution in [0.3, 0.4) is 0 Å². The van der Waals surface area contributed by atoms with E-state index in [1.165, 1.54) is 0 Å². The van der Waals surface area contributed by atoms with E-state index in [1.807, 2.05) is 7.85 Å². The van der Waals surface area contributed by atoms with Crippen molar-refractivity contribution in [2.75, 3.05) is 0 Å². The van der Waals surface area contributed by atoms with Crippen LogP contribution in [0.15, 0.2) is 0 Å². The molecule has 1 heterocycles. The molecule has 5 heteroatoms. The SMILES string of the molecule is BC1CC2(O)CC3(F)CC3(I)C2O1. The van der Waals surface area contributed by atoms with Crippen LogP contribution < -0.4 is 0 Å². The van der Waals surface area contributed by atoms with Gasteiger partial charge in [-0.2, -0.15) is 0 Å². The van der Waals surface area contributed by atoms with Gasteiger partial charge in [0.15, 0.2) is 0 Å². The number of ether oxygens (including phenoxy) is 1. The lowest BCUT2D eigenvalue weighted by atomic mass is 9.86. The Morgan fingerprint density at radius 2 is 2.23 bits per heavy atom. The van der Waals surface area contributed by atoms with E-state index in [2.05, 4.69) is 22.6 Å². The molecule has 0 amide bonds. The fourth-order valence-corrected chi connectivity index (χ4v) is 4.62. The van der Waals surface area contributed by atoms with Crippen LogP contribution in [0.2, 0.25) is 0 Å². The van der Waals surface area contributed by atoms with Crippen LogP contribution in [-0.2, 0) is 4.74 Å². The lowest BCUT2D eigenvalue weighted by Crippen LogP contribution is -2.39. The van der Waals surface area contributed by atoms with Crippen molar-refractivity contribution in [3.8, 4) is 0 Å². The molecule has 0 aromatic heterocycles. The Morgan fingerprint density at radius 1 is 1.54 bits per heavy atom. The topological polar surface area (TPSA) is 29.5 Å². The maximum atomic E-state index is 13.9. The first-order valence-electron chi connectivity index (χ1n) is 4.65. The summed E-state index contributed by atoms with van der Waals surface area (Å²) < 4.78 is 19.1. The molecule has 0 aromatic carbocycles. The van der Waals surface area contributed by atoms with Crippen LogP contribution in [0, 0.1) is 0 Å². The van der Waals surface area contributed by atoms with E-state index < -0.39 is 14.7 Å². The highest BCUT2D eigenvalue weighted by molar-refractivity contribution is 14.1. The number of aliphatic hydroxyl groups is 1. The summed E-state index contributed by atoms with van der Waals surface area (Å²) in [6.45, 7) is 0. The minimum absolute atomic E-state index is 0.0757. The molecule has 0 aromatic rings. The van der Waals surface area contributed by atoms with Gasteiger partial charge in [-0.1, -0.05) is 22.6 Å². The number of fused-ring (bicyclic) bond motifs is 3. The number of hydrogen-bond acceptors (Lipinski definition) is 2. The van der Waals surface area contributed by atoms with Gasteiger partial charge < -0.3 is 9.84 Å². The molecule has 3 fully saturated rings. The second-order valence-electron chi connectivity index (χ2n) is 4.82. The molecule has 0 radical (unpaired) electrons. The number of rotatable bonds is 0. The molecule has 1 N–H and O–H groups in total. The highest BCUT2D eigenvalue weighted by Crippen LogP contribution is 2.73. The van der Waals surface area contributed by atoms with Gasteiger partial charge in [0.2, 0.25) is 0 Å². The van der Waals surface area contributed by atoms with Crippen molar-refractivity contribution >= 4 is 30.4 Å². The average Bonchev–Trinajstić information content (AvgIpc) is 2.27. The zero-order chi connectivity index (χ0) is 9.48. The van der Waals surface area contributed by atoms with E-state index in [-0.39, 0.29) is 18.5 Å². The Bertz CT molecular complexity index is 291. The lowest BCUT2D eigenvalue weighted by Gasteiger charge is -2.24. The summed E-state index contributed by atoms with van der Waals surface area (Å²) in [6, 6.07) is 0.0757. The molecule has 5 unspecified atom stereocenters. The van der Waals surface area contributed by atoms with Gasteiger partial charge in [0.05, 0.1) is 9.02 Å². The van der Waals surface area contributed by atoms with E-state index in [0.717, 1.165) is 0 Å². The van der Waals surface area contributed by atoms with Crippen molar-refractivity contribution in [3.63, 3.8) is 0 Å². The predicted molar refractivity (Wildman–Crippen MR) is 56.6 cm³/mol. The van der Waals surface area contributed by atoms with E-state index in [9.17, 15) is 9.50 Å². The smallest absolute Gasteiger partial charge is 0.139 e. The van der Waals surface area contributed by atoms with Gasteiger partial charge in [0.1, 0.15) is 19.6 Å². The molecule has 2 saturated carbocycles. The molecule has 1 aliphatic heterocycles. The van der Waals surface area contributed by atoms with Gasteiger partial charge in [-0.25, -0.2) is 4.39 Å². The highest BCUT2D eigenvalue weighted by Gasteiger charge is 2.83. The maximum Gasteiger partial charge on any atom is 0.139 e. The second-order valence-corrected chi connectivity index (χ2v) is 6.74. The molecular weight excluding hydrogens is 285 g/mol. The summed E-state index contributed by atoms with van der Waals surface area (Å²) in [4.78, 5) is 0. The Hall–Kier alpha value is 0.645. The molecule has 5 atom stereocenters. The van der Waals surface area contributed by atoms with Crippen molar-refractivity contribution in [1.29, 1.82) is 0 Å². The van der Waals surface area contributed by atoms with Crippen molar-refractivity contribution in [2.24, 2.45) is 0 Å². The molecule has 3 rings (SSSR count). The molecular formula is C8H11BFIO2. The van der Waals surface area contributed by atoms with Crippen LogP contribution in [0.4, 0.5) is 4.39 Å². The number of halogens is 2. The van der Waals surface area contributed by atoms with Gasteiger partial charge in [-0.3, -0.25) is 0 Å². The number of hydrogen-bond donors (Lipinski definition) is 1. The van der Waals surface area contributed by atoms with Crippen LogP contribution in [-0.4, -0.2) is 39.8 Å². The quantitative estimate of drug-likeness (QED) is 0.392. The van der Waals surface area contributed by atoms with Crippen molar-refractivity contribution in [2.45, 2.75) is 46.1 Å². The summed E-state index contributed by atoms with van der Waals surface area (Å²) in [5.74, 6) is 0. The minimum Gasteiger partial charge on any atom is -0.387 e. The highest BCUT2D eigenvalue weighted by atomic mass is 127. The summed E-state index contributed by atoms with van der Waals surface area (Å²) in [5.41, 5.74) is -2.03. The summed E-state index contributed by atoms with van der Waals surface area (Å²) >= 11 is 2.13. The predicted octanol–water partition coefficient (Wildman–Crippen LogP) is 0.155. The van der Waals surface area contributed by atoms with Gasteiger partial charge in [-0.05, 0) is 6.42 Å². The fraction of sp³-hybridized carbons (Fsp3) is 1.00. The van der Waals surface area contributed by atoms with Gasteiger partial charge in [-0.15, -0.1) is 0 Å². The molecule has 2 nitrogen and oxygen atoms in total. The summed E-state index contributed by atoms with van der Waals surface area (Å²) in [6.07, 6.45) is 1.15. The van der Waals surface area contributed by atoms with Crippen molar-refractivity contribution in [1.82, 2.24) is 0 Å². The summed E-state index contributed by atoms with van der Waals surface area (Å²) in [5, 5.41) is 10.2. The zero-order valence-electron chi connectivity index (χ0n) is 7.39. The molecule has 0 spiro atoms. The van der Waals surface area contributed by atoms with E-state index in [4.69, 9.17) is 4.74 Å². The first kappa shape index (κ1) is 8.91. The fourth-order valence-electron chi connectivity index (χ4n) is 3.10. The second kappa shape index (κ2) is 2.09. The first-order valence-corrected chi connectivity index (χ1v) is 5.73. The Morgan fingerprint density at radius 3 is 2.85 bits per heavy atom. The zero-order valence-corrected chi connectivity index (χ0v) is 9.54. The first-order chi connectivity index (χ1) is 5.90. The van der Waals surface area contributed by atoms with Crippen LogP contribution in [0.25, 0.3) is 0 Å². The van der Waals surface area contributed by atoms with Gasteiger partial charge in [0, 0.05) is 18.8 Å². The molecule has 72 valence electrons. The maximum absolute atomic E-state index is 13.9. The van der Waals surface area contributed by atoms with E-state index in [0.29, 0.717) is 12.8 Å². The largest absolute Gasteiger partial charge is 0.387 e. The molecule has 13 heavy (non-hydrogen) atoms. The van der Waals surface area contributed by atoms with Crippen LogP contribution in [0.5, 0.6) is 0 Å². The Labute approximate surface area is 90.8 Å². The van der Waals surface area contributed by atoms with E-state index >= 15 is 0 Å². The van der Waals surface area contributed by atoms with Crippen molar-refractivity contribution < 1.29 is 14.2 Å². The molecule has 3 aliphatic rings. The molecule has 1 saturated heterocycles. The third-order valence-corrected chi connectivity index (χ3v) is 5.57. The van der Waals surface area contributed by atoms with Crippen LogP contribution in [0.1, 0.15) is 19.3 Å². The standard InChI is InChI=1S/C8H11BFIO2/c9-4-1-6(12)2-7(10)3-8(7,11)5(6)13-4/h4-5,12H,1-3,9H2. The third-order valence-electron chi connectivity index (χ3n) is 3.66. The average molecular weight is 296 g/mol. The molecule has 0 bridgehead atoms. The van der Waals surface area contributed by atoms with Gasteiger partial charge in [0.25, 0.3) is 0 Å². The molecule has 2 aliphatic carbocycles. The van der Waals surface area contributed by atoms with Gasteiger partial charge >= 0.3 is 0 Å².